The number of aryl methyl sites for hydroxylation is 1. The first-order valence-corrected chi connectivity index (χ1v) is 6.19. The highest BCUT2D eigenvalue weighted by Gasteiger charge is 2.22. The standard InChI is InChI=1S/C14H16N4/c1-9-2-4-10(5-3-9)12-8-13(15)18-14(17-12)16-11-6-7-11/h2-5,8,11H,6-7H2,1H3,(H3,15,16,17,18). The second-order valence-corrected chi connectivity index (χ2v) is 4.79. The number of nitrogens with one attached hydrogen (secondary N) is 1. The molecule has 0 atom stereocenters. The number of nitrogens with zero attached hydrogens (tertiary/aromatic N) is 2. The minimum Gasteiger partial charge on any atom is -0.384 e. The van der Waals surface area contributed by atoms with Gasteiger partial charge in [0.15, 0.2) is 0 Å². The normalized spacial score (nSPS) is 14.5. The van der Waals surface area contributed by atoms with Gasteiger partial charge in [0, 0.05) is 17.7 Å². The molecule has 0 radical (unpaired) electrons. The Kier molecular flexibility index (Phi) is 2.63. The Morgan fingerprint density at radius 1 is 1.17 bits per heavy atom. The lowest BCUT2D eigenvalue weighted by Crippen LogP contribution is -2.07. The largest absolute Gasteiger partial charge is 0.384 e. The molecule has 3 rings (SSSR count). The van der Waals surface area contributed by atoms with E-state index in [4.69, 9.17) is 5.73 Å². The molecule has 1 aromatic heterocycles. The fourth-order valence-corrected chi connectivity index (χ4v) is 1.81. The zero-order valence-electron chi connectivity index (χ0n) is 10.4. The molecule has 0 bridgehead atoms. The number of anilines is 2. The van der Waals surface area contributed by atoms with Crippen LogP contribution in [0.2, 0.25) is 0 Å². The van der Waals surface area contributed by atoms with Crippen LogP contribution in [-0.2, 0) is 0 Å². The highest BCUT2D eigenvalue weighted by atomic mass is 15.1. The Bertz CT molecular complexity index is 559. The Morgan fingerprint density at radius 3 is 2.56 bits per heavy atom. The van der Waals surface area contributed by atoms with E-state index in [0.29, 0.717) is 17.8 Å². The summed E-state index contributed by atoms with van der Waals surface area (Å²) >= 11 is 0. The van der Waals surface area contributed by atoms with Crippen molar-refractivity contribution < 1.29 is 0 Å². The van der Waals surface area contributed by atoms with Crippen molar-refractivity contribution in [2.75, 3.05) is 11.1 Å². The first-order valence-electron chi connectivity index (χ1n) is 6.19. The molecule has 0 unspecified atom stereocenters. The van der Waals surface area contributed by atoms with E-state index in [0.717, 1.165) is 11.3 Å². The van der Waals surface area contributed by atoms with Crippen molar-refractivity contribution in [1.82, 2.24) is 9.97 Å². The third-order valence-electron chi connectivity index (χ3n) is 3.00. The van der Waals surface area contributed by atoms with Gasteiger partial charge in [0.05, 0.1) is 5.69 Å². The van der Waals surface area contributed by atoms with Crippen molar-refractivity contribution in [3.05, 3.63) is 35.9 Å². The molecule has 1 aromatic carbocycles. The van der Waals surface area contributed by atoms with Crippen molar-refractivity contribution in [3.63, 3.8) is 0 Å². The van der Waals surface area contributed by atoms with E-state index in [9.17, 15) is 0 Å². The van der Waals surface area contributed by atoms with Crippen LogP contribution < -0.4 is 11.1 Å². The summed E-state index contributed by atoms with van der Waals surface area (Å²) in [5, 5.41) is 3.28. The van der Waals surface area contributed by atoms with Gasteiger partial charge in [-0.15, -0.1) is 0 Å². The first kappa shape index (κ1) is 11.0. The van der Waals surface area contributed by atoms with Gasteiger partial charge >= 0.3 is 0 Å². The number of benzene rings is 1. The lowest BCUT2D eigenvalue weighted by molar-refractivity contribution is 1.06. The van der Waals surface area contributed by atoms with Crippen molar-refractivity contribution in [3.8, 4) is 11.3 Å². The Labute approximate surface area is 106 Å². The van der Waals surface area contributed by atoms with Gasteiger partial charge in [-0.2, -0.15) is 4.98 Å². The van der Waals surface area contributed by atoms with Crippen LogP contribution in [0.3, 0.4) is 0 Å². The molecule has 0 amide bonds. The van der Waals surface area contributed by atoms with E-state index in [2.05, 4.69) is 46.5 Å². The summed E-state index contributed by atoms with van der Waals surface area (Å²) in [6, 6.07) is 10.6. The number of nitrogens with two attached hydrogens (primary N) is 1. The first-order chi connectivity index (χ1) is 8.70. The van der Waals surface area contributed by atoms with E-state index in [1.165, 1.54) is 18.4 Å². The van der Waals surface area contributed by atoms with E-state index >= 15 is 0 Å². The van der Waals surface area contributed by atoms with Gasteiger partial charge in [0.1, 0.15) is 5.82 Å². The van der Waals surface area contributed by atoms with E-state index in [1.54, 1.807) is 0 Å². The minimum atomic E-state index is 0.503. The average Bonchev–Trinajstić information content (AvgIpc) is 3.13. The molecule has 4 nitrogen and oxygen atoms in total. The van der Waals surface area contributed by atoms with Gasteiger partial charge in [0.25, 0.3) is 0 Å². The Morgan fingerprint density at radius 2 is 1.89 bits per heavy atom. The summed E-state index contributed by atoms with van der Waals surface area (Å²) in [5.41, 5.74) is 8.99. The van der Waals surface area contributed by atoms with E-state index in [1.807, 2.05) is 6.07 Å². The van der Waals surface area contributed by atoms with Crippen LogP contribution in [0.25, 0.3) is 11.3 Å². The van der Waals surface area contributed by atoms with Crippen molar-refractivity contribution in [1.29, 1.82) is 0 Å². The maximum absolute atomic E-state index is 5.83. The number of hydrogen-bond acceptors (Lipinski definition) is 4. The zero-order chi connectivity index (χ0) is 12.5. The van der Waals surface area contributed by atoms with E-state index in [-0.39, 0.29) is 0 Å². The molecule has 18 heavy (non-hydrogen) atoms. The molecule has 0 aliphatic heterocycles. The summed E-state index contributed by atoms with van der Waals surface area (Å²) < 4.78 is 0. The van der Waals surface area contributed by atoms with Crippen molar-refractivity contribution in [2.24, 2.45) is 0 Å². The molecule has 0 spiro atoms. The lowest BCUT2D eigenvalue weighted by atomic mass is 10.1. The Hall–Kier alpha value is -2.10. The summed E-state index contributed by atoms with van der Waals surface area (Å²) in [5.74, 6) is 1.14. The molecule has 1 aliphatic rings. The van der Waals surface area contributed by atoms with Crippen LogP contribution in [0.5, 0.6) is 0 Å². The fourth-order valence-electron chi connectivity index (χ4n) is 1.81. The van der Waals surface area contributed by atoms with Gasteiger partial charge in [0.2, 0.25) is 5.95 Å². The molecule has 1 saturated carbocycles. The predicted molar refractivity (Wildman–Crippen MR) is 73.3 cm³/mol. The van der Waals surface area contributed by atoms with Gasteiger partial charge in [-0.05, 0) is 19.8 Å². The van der Waals surface area contributed by atoms with Gasteiger partial charge < -0.3 is 11.1 Å². The topological polar surface area (TPSA) is 63.8 Å². The fraction of sp³-hybridized carbons (Fsp3) is 0.286. The zero-order valence-corrected chi connectivity index (χ0v) is 10.4. The van der Waals surface area contributed by atoms with Crippen LogP contribution in [-0.4, -0.2) is 16.0 Å². The summed E-state index contributed by atoms with van der Waals surface area (Å²) in [4.78, 5) is 8.72. The number of rotatable bonds is 3. The molecular formula is C14H16N4. The van der Waals surface area contributed by atoms with Crippen LogP contribution in [0.4, 0.5) is 11.8 Å². The number of hydrogen-bond donors (Lipinski definition) is 2. The number of nitrogen functional groups attached to an aromatic ring is 1. The maximum Gasteiger partial charge on any atom is 0.225 e. The average molecular weight is 240 g/mol. The molecule has 1 aliphatic carbocycles. The van der Waals surface area contributed by atoms with Crippen LogP contribution in [0, 0.1) is 6.92 Å². The molecule has 0 saturated heterocycles. The van der Waals surface area contributed by atoms with Crippen LogP contribution in [0.1, 0.15) is 18.4 Å². The second-order valence-electron chi connectivity index (χ2n) is 4.79. The maximum atomic E-state index is 5.83. The highest BCUT2D eigenvalue weighted by molar-refractivity contribution is 5.64. The number of aromatic nitrogens is 2. The molecular weight excluding hydrogens is 224 g/mol. The third kappa shape index (κ3) is 2.42. The highest BCUT2D eigenvalue weighted by Crippen LogP contribution is 2.25. The summed E-state index contributed by atoms with van der Waals surface area (Å²) in [6.07, 6.45) is 2.38. The lowest BCUT2D eigenvalue weighted by Gasteiger charge is -2.07. The predicted octanol–water partition coefficient (Wildman–Crippen LogP) is 2.61. The minimum absolute atomic E-state index is 0.503. The van der Waals surface area contributed by atoms with Crippen LogP contribution >= 0.6 is 0 Å². The van der Waals surface area contributed by atoms with Crippen molar-refractivity contribution >= 4 is 11.8 Å². The molecule has 92 valence electrons. The van der Waals surface area contributed by atoms with Gasteiger partial charge in [-0.25, -0.2) is 4.98 Å². The smallest absolute Gasteiger partial charge is 0.225 e. The van der Waals surface area contributed by atoms with Crippen molar-refractivity contribution in [2.45, 2.75) is 25.8 Å². The SMILES string of the molecule is Cc1ccc(-c2cc(N)nc(NC3CC3)n2)cc1. The quantitative estimate of drug-likeness (QED) is 0.865. The molecule has 1 fully saturated rings. The Balaban J connectivity index is 1.94. The van der Waals surface area contributed by atoms with Gasteiger partial charge in [-0.1, -0.05) is 29.8 Å². The summed E-state index contributed by atoms with van der Waals surface area (Å²) in [6.45, 7) is 2.07. The molecule has 4 heteroatoms. The molecule has 2 aromatic rings. The monoisotopic (exact) mass is 240 g/mol. The second kappa shape index (κ2) is 4.29. The van der Waals surface area contributed by atoms with E-state index < -0.39 is 0 Å². The van der Waals surface area contributed by atoms with Crippen LogP contribution in [0.15, 0.2) is 30.3 Å². The molecule has 3 N–H and O–H groups in total. The molecule has 1 heterocycles. The third-order valence-corrected chi connectivity index (χ3v) is 3.00. The van der Waals surface area contributed by atoms with Gasteiger partial charge in [-0.3, -0.25) is 0 Å². The summed E-state index contributed by atoms with van der Waals surface area (Å²) in [7, 11) is 0.